The van der Waals surface area contributed by atoms with Gasteiger partial charge < -0.3 is 14.8 Å². The van der Waals surface area contributed by atoms with Crippen molar-refractivity contribution in [1.29, 1.82) is 0 Å². The van der Waals surface area contributed by atoms with Crippen molar-refractivity contribution in [1.82, 2.24) is 16.2 Å². The van der Waals surface area contributed by atoms with Crippen molar-refractivity contribution in [2.75, 3.05) is 19.7 Å². The Labute approximate surface area is 169 Å². The van der Waals surface area contributed by atoms with Gasteiger partial charge in [-0.05, 0) is 45.7 Å². The van der Waals surface area contributed by atoms with E-state index in [2.05, 4.69) is 16.2 Å². The summed E-state index contributed by atoms with van der Waals surface area (Å²) in [5.74, 6) is -0.615. The zero-order valence-corrected chi connectivity index (χ0v) is 17.3. The van der Waals surface area contributed by atoms with Crippen molar-refractivity contribution < 1.29 is 23.5 Å². The normalized spacial score (nSPS) is 16.6. The first-order valence-corrected chi connectivity index (χ1v) is 9.62. The summed E-state index contributed by atoms with van der Waals surface area (Å²) in [5.41, 5.74) is 5.64. The number of amides is 2. The summed E-state index contributed by atoms with van der Waals surface area (Å²) in [6.07, 6.45) is 0.0208. The molecule has 0 saturated carbocycles. The van der Waals surface area contributed by atoms with Gasteiger partial charge in [0.25, 0.3) is 0 Å². The topological polar surface area (TPSA) is 88.7 Å². The average molecular weight is 416 g/mol. The molecule has 1 aromatic rings. The van der Waals surface area contributed by atoms with Crippen LogP contribution in [0.5, 0.6) is 5.75 Å². The molecule has 1 fully saturated rings. The van der Waals surface area contributed by atoms with Crippen LogP contribution in [0.2, 0.25) is 5.02 Å². The van der Waals surface area contributed by atoms with Gasteiger partial charge in [0.15, 0.2) is 0 Å². The molecular weight excluding hydrogens is 389 g/mol. The summed E-state index contributed by atoms with van der Waals surface area (Å²) in [6, 6.07) is 1.52. The first kappa shape index (κ1) is 22.2. The molecule has 1 aliphatic heterocycles. The van der Waals surface area contributed by atoms with Gasteiger partial charge in [0, 0.05) is 31.0 Å². The standard InChI is InChI=1S/C19H27ClFN3O4/c1-5-27-17-11(6-7-23-24-18(26)28-19(2,3)4)8-13(20)16(21)15(17)12-9-14(25)22-10-12/h8,12,23H,5-7,9-10H2,1-4H3,(H,22,25)(H,24,26)/t12-/m0/s1. The monoisotopic (exact) mass is 415 g/mol. The quantitative estimate of drug-likeness (QED) is 0.470. The van der Waals surface area contributed by atoms with E-state index in [0.29, 0.717) is 43.0 Å². The number of carbonyl (C=O) groups is 2. The number of hydrazine groups is 1. The lowest BCUT2D eigenvalue weighted by Gasteiger charge is -2.21. The minimum Gasteiger partial charge on any atom is -0.493 e. The molecule has 3 N–H and O–H groups in total. The fourth-order valence-electron chi connectivity index (χ4n) is 2.99. The molecule has 1 aromatic carbocycles. The smallest absolute Gasteiger partial charge is 0.422 e. The predicted octanol–water partition coefficient (Wildman–Crippen LogP) is 3.05. The van der Waals surface area contributed by atoms with Gasteiger partial charge in [-0.25, -0.2) is 14.6 Å². The van der Waals surface area contributed by atoms with Gasteiger partial charge in [0.1, 0.15) is 17.2 Å². The molecule has 2 rings (SSSR count). The number of halogens is 2. The summed E-state index contributed by atoms with van der Waals surface area (Å²) >= 11 is 6.10. The number of benzene rings is 1. The fraction of sp³-hybridized carbons (Fsp3) is 0.579. The number of carbonyl (C=O) groups excluding carboxylic acids is 2. The van der Waals surface area contributed by atoms with Crippen LogP contribution >= 0.6 is 11.6 Å². The lowest BCUT2D eigenvalue weighted by Crippen LogP contribution is -2.42. The molecule has 1 aliphatic rings. The largest absolute Gasteiger partial charge is 0.493 e. The molecule has 1 heterocycles. The van der Waals surface area contributed by atoms with Gasteiger partial charge in [-0.3, -0.25) is 10.2 Å². The molecule has 0 bridgehead atoms. The maximum absolute atomic E-state index is 14.8. The molecule has 0 aliphatic carbocycles. The van der Waals surface area contributed by atoms with Crippen molar-refractivity contribution in [3.8, 4) is 5.75 Å². The van der Waals surface area contributed by atoms with Gasteiger partial charge in [-0.15, -0.1) is 0 Å². The van der Waals surface area contributed by atoms with Crippen molar-refractivity contribution in [2.24, 2.45) is 0 Å². The third-order valence-electron chi connectivity index (χ3n) is 4.07. The van der Waals surface area contributed by atoms with E-state index in [9.17, 15) is 14.0 Å². The Hall–Kier alpha value is -2.06. The Morgan fingerprint density at radius 3 is 2.71 bits per heavy atom. The molecule has 156 valence electrons. The van der Waals surface area contributed by atoms with E-state index < -0.39 is 17.5 Å². The molecule has 1 atom stereocenters. The molecular formula is C19H27ClFN3O4. The zero-order chi connectivity index (χ0) is 20.9. The van der Waals surface area contributed by atoms with Crippen LogP contribution in [0, 0.1) is 5.82 Å². The fourth-order valence-corrected chi connectivity index (χ4v) is 3.23. The van der Waals surface area contributed by atoms with E-state index in [4.69, 9.17) is 21.1 Å². The van der Waals surface area contributed by atoms with Crippen molar-refractivity contribution in [2.45, 2.75) is 52.1 Å². The van der Waals surface area contributed by atoms with Crippen molar-refractivity contribution in [3.05, 3.63) is 28.0 Å². The second kappa shape index (κ2) is 9.43. The van der Waals surface area contributed by atoms with E-state index in [-0.39, 0.29) is 23.3 Å². The predicted molar refractivity (Wildman–Crippen MR) is 104 cm³/mol. The van der Waals surface area contributed by atoms with Gasteiger partial charge in [-0.1, -0.05) is 11.6 Å². The highest BCUT2D eigenvalue weighted by Gasteiger charge is 2.31. The minimum absolute atomic E-state index is 0.0205. The number of nitrogens with one attached hydrogen (secondary N) is 3. The maximum Gasteiger partial charge on any atom is 0.422 e. The van der Waals surface area contributed by atoms with Crippen LogP contribution in [0.25, 0.3) is 0 Å². The highest BCUT2D eigenvalue weighted by Crippen LogP contribution is 2.39. The summed E-state index contributed by atoms with van der Waals surface area (Å²) < 4.78 is 25.6. The molecule has 2 amide bonds. The van der Waals surface area contributed by atoms with E-state index >= 15 is 0 Å². The van der Waals surface area contributed by atoms with Gasteiger partial charge in [0.2, 0.25) is 5.91 Å². The summed E-state index contributed by atoms with van der Waals surface area (Å²) in [4.78, 5) is 23.2. The molecule has 28 heavy (non-hydrogen) atoms. The van der Waals surface area contributed by atoms with Crippen LogP contribution < -0.4 is 20.9 Å². The Bertz CT molecular complexity index is 737. The van der Waals surface area contributed by atoms with Crippen molar-refractivity contribution >= 4 is 23.6 Å². The Kier molecular flexibility index (Phi) is 7.48. The molecule has 0 unspecified atom stereocenters. The highest BCUT2D eigenvalue weighted by molar-refractivity contribution is 6.31. The van der Waals surface area contributed by atoms with Crippen LogP contribution in [-0.4, -0.2) is 37.3 Å². The van der Waals surface area contributed by atoms with Gasteiger partial charge >= 0.3 is 6.09 Å². The van der Waals surface area contributed by atoms with E-state index in [1.165, 1.54) is 6.07 Å². The lowest BCUT2D eigenvalue weighted by molar-refractivity contribution is -0.119. The number of ether oxygens (including phenoxy) is 2. The Balaban J connectivity index is 2.12. The maximum atomic E-state index is 14.8. The van der Waals surface area contributed by atoms with Gasteiger partial charge in [0.05, 0.1) is 11.6 Å². The summed E-state index contributed by atoms with van der Waals surface area (Å²) in [6.45, 7) is 8.15. The molecule has 1 saturated heterocycles. The van der Waals surface area contributed by atoms with Crippen LogP contribution in [0.4, 0.5) is 9.18 Å². The first-order chi connectivity index (χ1) is 13.1. The lowest BCUT2D eigenvalue weighted by atomic mass is 9.93. The van der Waals surface area contributed by atoms with E-state index in [1.54, 1.807) is 27.7 Å². The van der Waals surface area contributed by atoms with Crippen LogP contribution in [0.3, 0.4) is 0 Å². The van der Waals surface area contributed by atoms with Crippen LogP contribution in [0.1, 0.15) is 51.2 Å². The van der Waals surface area contributed by atoms with Crippen LogP contribution in [0.15, 0.2) is 6.07 Å². The number of rotatable bonds is 7. The third kappa shape index (κ3) is 5.97. The second-order valence-corrected chi connectivity index (χ2v) is 7.92. The van der Waals surface area contributed by atoms with Crippen molar-refractivity contribution in [3.63, 3.8) is 0 Å². The molecule has 9 heteroatoms. The summed E-state index contributed by atoms with van der Waals surface area (Å²) in [5, 5.41) is 2.69. The minimum atomic E-state index is -0.597. The summed E-state index contributed by atoms with van der Waals surface area (Å²) in [7, 11) is 0. The molecule has 0 radical (unpaired) electrons. The van der Waals surface area contributed by atoms with Gasteiger partial charge in [-0.2, -0.15) is 0 Å². The molecule has 0 aromatic heterocycles. The first-order valence-electron chi connectivity index (χ1n) is 9.24. The Morgan fingerprint density at radius 1 is 1.43 bits per heavy atom. The average Bonchev–Trinajstić information content (AvgIpc) is 3.00. The number of hydrogen-bond donors (Lipinski definition) is 3. The Morgan fingerprint density at radius 2 is 2.14 bits per heavy atom. The molecule has 0 spiro atoms. The highest BCUT2D eigenvalue weighted by atomic mass is 35.5. The van der Waals surface area contributed by atoms with Crippen LogP contribution in [-0.2, 0) is 16.0 Å². The SMILES string of the molecule is CCOc1c(CCNNC(=O)OC(C)(C)C)cc(Cl)c(F)c1[C@@H]1CNC(=O)C1. The molecule has 7 nitrogen and oxygen atoms in total. The third-order valence-corrected chi connectivity index (χ3v) is 4.34. The zero-order valence-electron chi connectivity index (χ0n) is 16.6. The number of hydrogen-bond acceptors (Lipinski definition) is 5. The second-order valence-electron chi connectivity index (χ2n) is 7.52. The van der Waals surface area contributed by atoms with E-state index in [0.717, 1.165) is 0 Å². The van der Waals surface area contributed by atoms with E-state index in [1.807, 2.05) is 0 Å².